The third-order valence-electron chi connectivity index (χ3n) is 2.24. The largest absolute Gasteiger partial charge is 0.482 e. The van der Waals surface area contributed by atoms with Crippen LogP contribution in [0.3, 0.4) is 0 Å². The smallest absolute Gasteiger partial charge is 0.344 e. The molecule has 4 nitrogen and oxygen atoms in total. The SMILES string of the molecule is CCNCc1cc(OCC(=O)OCC)ccc1Br. The summed E-state index contributed by atoms with van der Waals surface area (Å²) in [7, 11) is 0. The second-order valence-electron chi connectivity index (χ2n) is 3.63. The normalized spacial score (nSPS) is 10.2. The minimum absolute atomic E-state index is 0.0594. The second kappa shape index (κ2) is 8.11. The molecule has 0 saturated heterocycles. The van der Waals surface area contributed by atoms with Gasteiger partial charge in [0.05, 0.1) is 6.61 Å². The van der Waals surface area contributed by atoms with Gasteiger partial charge in [-0.25, -0.2) is 4.79 Å². The van der Waals surface area contributed by atoms with Gasteiger partial charge in [0.25, 0.3) is 0 Å². The Balaban J connectivity index is 2.58. The predicted octanol–water partition coefficient (Wildman–Crippen LogP) is 2.50. The number of carbonyl (C=O) groups excluding carboxylic acids is 1. The van der Waals surface area contributed by atoms with Crippen molar-refractivity contribution in [1.29, 1.82) is 0 Å². The number of hydrogen-bond acceptors (Lipinski definition) is 4. The Morgan fingerprint density at radius 2 is 2.17 bits per heavy atom. The molecule has 0 bridgehead atoms. The van der Waals surface area contributed by atoms with E-state index in [-0.39, 0.29) is 12.6 Å². The predicted molar refractivity (Wildman–Crippen MR) is 73.7 cm³/mol. The van der Waals surface area contributed by atoms with E-state index < -0.39 is 0 Å². The van der Waals surface area contributed by atoms with Crippen molar-refractivity contribution in [2.75, 3.05) is 19.8 Å². The Labute approximate surface area is 116 Å². The van der Waals surface area contributed by atoms with Crippen molar-refractivity contribution in [2.24, 2.45) is 0 Å². The first-order valence-corrected chi connectivity index (χ1v) is 6.74. The zero-order valence-corrected chi connectivity index (χ0v) is 12.2. The van der Waals surface area contributed by atoms with Crippen LogP contribution in [0.25, 0.3) is 0 Å². The van der Waals surface area contributed by atoms with E-state index in [1.807, 2.05) is 18.2 Å². The maximum absolute atomic E-state index is 11.2. The monoisotopic (exact) mass is 315 g/mol. The molecule has 100 valence electrons. The second-order valence-corrected chi connectivity index (χ2v) is 4.48. The topological polar surface area (TPSA) is 47.6 Å². The van der Waals surface area contributed by atoms with Crippen molar-refractivity contribution in [1.82, 2.24) is 5.32 Å². The summed E-state index contributed by atoms with van der Waals surface area (Å²) in [5.41, 5.74) is 1.10. The highest BCUT2D eigenvalue weighted by atomic mass is 79.9. The van der Waals surface area contributed by atoms with Crippen LogP contribution in [0.1, 0.15) is 19.4 Å². The first kappa shape index (κ1) is 15.0. The van der Waals surface area contributed by atoms with E-state index in [4.69, 9.17) is 9.47 Å². The molecule has 1 aromatic rings. The number of nitrogens with one attached hydrogen (secondary N) is 1. The lowest BCUT2D eigenvalue weighted by Gasteiger charge is -2.09. The highest BCUT2D eigenvalue weighted by molar-refractivity contribution is 9.10. The van der Waals surface area contributed by atoms with Crippen LogP contribution in [0, 0.1) is 0 Å². The molecular weight excluding hydrogens is 298 g/mol. The summed E-state index contributed by atoms with van der Waals surface area (Å²) in [6.45, 7) is 5.79. The minimum Gasteiger partial charge on any atom is -0.482 e. The zero-order chi connectivity index (χ0) is 13.4. The molecule has 0 aliphatic carbocycles. The maximum atomic E-state index is 11.2. The van der Waals surface area contributed by atoms with Gasteiger partial charge in [0.15, 0.2) is 6.61 Å². The van der Waals surface area contributed by atoms with Gasteiger partial charge < -0.3 is 14.8 Å². The zero-order valence-electron chi connectivity index (χ0n) is 10.7. The third-order valence-corrected chi connectivity index (χ3v) is 3.02. The van der Waals surface area contributed by atoms with Crippen molar-refractivity contribution < 1.29 is 14.3 Å². The lowest BCUT2D eigenvalue weighted by Crippen LogP contribution is -2.15. The van der Waals surface area contributed by atoms with E-state index in [9.17, 15) is 4.79 Å². The lowest BCUT2D eigenvalue weighted by atomic mass is 10.2. The summed E-state index contributed by atoms with van der Waals surface area (Å²) in [6.07, 6.45) is 0. The van der Waals surface area contributed by atoms with Crippen LogP contribution in [0.5, 0.6) is 5.75 Å². The van der Waals surface area contributed by atoms with Crippen molar-refractivity contribution >= 4 is 21.9 Å². The molecule has 1 N–H and O–H groups in total. The van der Waals surface area contributed by atoms with E-state index >= 15 is 0 Å². The fourth-order valence-electron chi connectivity index (χ4n) is 1.38. The number of esters is 1. The maximum Gasteiger partial charge on any atom is 0.344 e. The number of carbonyl (C=O) groups is 1. The molecule has 0 radical (unpaired) electrons. The molecule has 1 rings (SSSR count). The van der Waals surface area contributed by atoms with Crippen LogP contribution < -0.4 is 10.1 Å². The van der Waals surface area contributed by atoms with Gasteiger partial charge >= 0.3 is 5.97 Å². The molecule has 18 heavy (non-hydrogen) atoms. The Bertz CT molecular complexity index is 396. The first-order valence-electron chi connectivity index (χ1n) is 5.95. The lowest BCUT2D eigenvalue weighted by molar-refractivity contribution is -0.145. The van der Waals surface area contributed by atoms with Crippen LogP contribution in [-0.2, 0) is 16.1 Å². The molecule has 0 spiro atoms. The molecule has 5 heteroatoms. The van der Waals surface area contributed by atoms with Gasteiger partial charge in [-0.1, -0.05) is 22.9 Å². The molecule has 0 aromatic heterocycles. The number of ether oxygens (including phenoxy) is 2. The first-order chi connectivity index (χ1) is 8.67. The average molecular weight is 316 g/mol. The van der Waals surface area contributed by atoms with Gasteiger partial charge in [0, 0.05) is 11.0 Å². The van der Waals surface area contributed by atoms with Gasteiger partial charge in [-0.2, -0.15) is 0 Å². The standard InChI is InChI=1S/C13H18BrNO3/c1-3-15-8-10-7-11(5-6-12(10)14)18-9-13(16)17-4-2/h5-7,15H,3-4,8-9H2,1-2H3. The molecule has 1 aromatic carbocycles. The molecule has 0 amide bonds. The quantitative estimate of drug-likeness (QED) is 0.785. The molecule has 0 unspecified atom stereocenters. The van der Waals surface area contributed by atoms with Gasteiger partial charge in [0.1, 0.15) is 5.75 Å². The van der Waals surface area contributed by atoms with Gasteiger partial charge in [-0.05, 0) is 37.2 Å². The Kier molecular flexibility index (Phi) is 6.75. The fourth-order valence-corrected chi connectivity index (χ4v) is 1.77. The Morgan fingerprint density at radius 1 is 1.39 bits per heavy atom. The number of hydrogen-bond donors (Lipinski definition) is 1. The summed E-state index contributed by atoms with van der Waals surface area (Å²) in [4.78, 5) is 11.2. The van der Waals surface area contributed by atoms with E-state index in [1.54, 1.807) is 6.92 Å². The van der Waals surface area contributed by atoms with Crippen molar-refractivity contribution in [3.05, 3.63) is 28.2 Å². The Morgan fingerprint density at radius 3 is 2.83 bits per heavy atom. The van der Waals surface area contributed by atoms with Crippen LogP contribution in [0.4, 0.5) is 0 Å². The van der Waals surface area contributed by atoms with Crippen LogP contribution >= 0.6 is 15.9 Å². The molecule has 0 aliphatic rings. The molecule has 0 aliphatic heterocycles. The number of halogens is 1. The summed E-state index contributed by atoms with van der Waals surface area (Å²) in [5.74, 6) is 0.313. The highest BCUT2D eigenvalue weighted by Gasteiger charge is 2.05. The molecule has 0 heterocycles. The van der Waals surface area contributed by atoms with Gasteiger partial charge in [-0.15, -0.1) is 0 Å². The highest BCUT2D eigenvalue weighted by Crippen LogP contribution is 2.22. The number of benzene rings is 1. The van der Waals surface area contributed by atoms with E-state index in [0.29, 0.717) is 12.4 Å². The molecule has 0 fully saturated rings. The van der Waals surface area contributed by atoms with Crippen molar-refractivity contribution in [3.8, 4) is 5.75 Å². The van der Waals surface area contributed by atoms with E-state index in [1.165, 1.54) is 0 Å². The van der Waals surface area contributed by atoms with E-state index in [0.717, 1.165) is 23.1 Å². The molecule has 0 saturated carbocycles. The van der Waals surface area contributed by atoms with Crippen molar-refractivity contribution in [3.63, 3.8) is 0 Å². The van der Waals surface area contributed by atoms with Crippen molar-refractivity contribution in [2.45, 2.75) is 20.4 Å². The average Bonchev–Trinajstić information content (AvgIpc) is 2.36. The minimum atomic E-state index is -0.353. The summed E-state index contributed by atoms with van der Waals surface area (Å²) in [6, 6.07) is 5.64. The Hall–Kier alpha value is -1.07. The summed E-state index contributed by atoms with van der Waals surface area (Å²) in [5, 5.41) is 3.24. The van der Waals surface area contributed by atoms with Crippen LogP contribution in [-0.4, -0.2) is 25.7 Å². The number of rotatable bonds is 7. The van der Waals surface area contributed by atoms with Crippen LogP contribution in [0.2, 0.25) is 0 Å². The van der Waals surface area contributed by atoms with Gasteiger partial charge in [-0.3, -0.25) is 0 Å². The van der Waals surface area contributed by atoms with E-state index in [2.05, 4.69) is 28.2 Å². The third kappa shape index (κ3) is 5.06. The van der Waals surface area contributed by atoms with Crippen LogP contribution in [0.15, 0.2) is 22.7 Å². The molecule has 0 atom stereocenters. The fraction of sp³-hybridized carbons (Fsp3) is 0.462. The summed E-state index contributed by atoms with van der Waals surface area (Å²) >= 11 is 3.48. The molecular formula is C13H18BrNO3. The summed E-state index contributed by atoms with van der Waals surface area (Å²) < 4.78 is 11.2. The van der Waals surface area contributed by atoms with Gasteiger partial charge in [0.2, 0.25) is 0 Å².